The SMILES string of the molecule is Cc1cnc2c(Cc3ccc(F)c([C@@]4(C)N=C(N)[C@@H]5CCC[C@H]4S5(=O)=O)c3)nccc2n1. The lowest BCUT2D eigenvalue weighted by Crippen LogP contribution is -2.57. The van der Waals surface area contributed by atoms with Gasteiger partial charge in [-0.25, -0.2) is 17.8 Å². The van der Waals surface area contributed by atoms with Crippen LogP contribution in [0.1, 0.15) is 48.7 Å². The van der Waals surface area contributed by atoms with Crippen molar-refractivity contribution in [2.45, 2.75) is 55.6 Å². The minimum absolute atomic E-state index is 0.0783. The van der Waals surface area contributed by atoms with Gasteiger partial charge in [0.25, 0.3) is 0 Å². The third-order valence-electron chi connectivity index (χ3n) is 6.65. The first-order valence-electron chi connectivity index (χ1n) is 10.6. The second-order valence-electron chi connectivity index (χ2n) is 8.81. The van der Waals surface area contributed by atoms with E-state index in [0.717, 1.165) is 28.9 Å². The topological polar surface area (TPSA) is 111 Å². The number of aliphatic imine (C=N–C) groups is 1. The first-order valence-corrected chi connectivity index (χ1v) is 12.2. The molecule has 3 aromatic rings. The highest BCUT2D eigenvalue weighted by atomic mass is 32.2. The highest BCUT2D eigenvalue weighted by molar-refractivity contribution is 7.93. The Balaban J connectivity index is 1.60. The quantitative estimate of drug-likeness (QED) is 0.653. The lowest BCUT2D eigenvalue weighted by molar-refractivity contribution is 0.375. The van der Waals surface area contributed by atoms with Crippen LogP contribution in [0.5, 0.6) is 0 Å². The predicted octanol–water partition coefficient (Wildman–Crippen LogP) is 2.99. The Morgan fingerprint density at radius 1 is 1.22 bits per heavy atom. The van der Waals surface area contributed by atoms with Crippen LogP contribution in [0.3, 0.4) is 0 Å². The van der Waals surface area contributed by atoms with Crippen LogP contribution in [0.2, 0.25) is 0 Å². The summed E-state index contributed by atoms with van der Waals surface area (Å²) in [5.41, 5.74) is 8.80. The van der Waals surface area contributed by atoms with Crippen molar-refractivity contribution < 1.29 is 12.8 Å². The Bertz CT molecular complexity index is 1370. The summed E-state index contributed by atoms with van der Waals surface area (Å²) in [6.45, 7) is 3.55. The zero-order valence-corrected chi connectivity index (χ0v) is 18.7. The molecule has 3 atom stereocenters. The van der Waals surface area contributed by atoms with Crippen LogP contribution in [0, 0.1) is 12.7 Å². The van der Waals surface area contributed by atoms with Crippen molar-refractivity contribution in [3.05, 3.63) is 65.0 Å². The summed E-state index contributed by atoms with van der Waals surface area (Å²) in [6, 6.07) is 6.54. The summed E-state index contributed by atoms with van der Waals surface area (Å²) in [4.78, 5) is 18.0. The van der Waals surface area contributed by atoms with Crippen LogP contribution in [0.15, 0.2) is 41.7 Å². The maximum absolute atomic E-state index is 15.1. The highest BCUT2D eigenvalue weighted by Crippen LogP contribution is 2.45. The third-order valence-corrected chi connectivity index (χ3v) is 9.41. The smallest absolute Gasteiger partial charge is 0.165 e. The van der Waals surface area contributed by atoms with Gasteiger partial charge in [0.1, 0.15) is 28.0 Å². The number of nitrogens with two attached hydrogens (primary N) is 1. The van der Waals surface area contributed by atoms with Crippen LogP contribution in [0.4, 0.5) is 4.39 Å². The van der Waals surface area contributed by atoms with Gasteiger partial charge in [0.05, 0.1) is 22.2 Å². The van der Waals surface area contributed by atoms with Gasteiger partial charge in [-0.3, -0.25) is 15.0 Å². The average molecular weight is 454 g/mol. The number of hydrogen-bond donors (Lipinski definition) is 1. The molecule has 2 aromatic heterocycles. The second-order valence-corrected chi connectivity index (χ2v) is 11.1. The molecule has 2 aliphatic heterocycles. The Morgan fingerprint density at radius 3 is 2.84 bits per heavy atom. The van der Waals surface area contributed by atoms with E-state index in [1.54, 1.807) is 37.5 Å². The first-order chi connectivity index (χ1) is 15.2. The van der Waals surface area contributed by atoms with E-state index < -0.39 is 31.7 Å². The number of aromatic nitrogens is 3. The Hall–Kier alpha value is -2.94. The van der Waals surface area contributed by atoms with Gasteiger partial charge in [-0.2, -0.15) is 0 Å². The van der Waals surface area contributed by atoms with E-state index in [0.29, 0.717) is 24.8 Å². The van der Waals surface area contributed by atoms with Gasteiger partial charge in [0.2, 0.25) is 0 Å². The maximum atomic E-state index is 15.1. The normalized spacial score (nSPS) is 26.7. The molecule has 0 amide bonds. The molecule has 5 rings (SSSR count). The zero-order chi connectivity index (χ0) is 22.7. The molecule has 9 heteroatoms. The van der Waals surface area contributed by atoms with E-state index in [2.05, 4.69) is 19.9 Å². The van der Waals surface area contributed by atoms with Crippen LogP contribution in [-0.2, 0) is 21.8 Å². The van der Waals surface area contributed by atoms with E-state index in [9.17, 15) is 8.42 Å². The van der Waals surface area contributed by atoms with Crippen molar-refractivity contribution in [2.75, 3.05) is 0 Å². The van der Waals surface area contributed by atoms with E-state index in [1.807, 2.05) is 6.92 Å². The molecular weight excluding hydrogens is 429 g/mol. The minimum atomic E-state index is -3.54. The molecule has 166 valence electrons. The Morgan fingerprint density at radius 2 is 2.03 bits per heavy atom. The summed E-state index contributed by atoms with van der Waals surface area (Å²) < 4.78 is 41.4. The van der Waals surface area contributed by atoms with Crippen LogP contribution < -0.4 is 5.73 Å². The molecule has 7 nitrogen and oxygen atoms in total. The van der Waals surface area contributed by atoms with E-state index in [1.165, 1.54) is 6.07 Å². The van der Waals surface area contributed by atoms with Crippen molar-refractivity contribution >= 4 is 26.7 Å². The summed E-state index contributed by atoms with van der Waals surface area (Å²) in [7, 11) is -3.54. The molecule has 0 radical (unpaired) electrons. The molecule has 0 unspecified atom stereocenters. The first kappa shape index (κ1) is 20.9. The van der Waals surface area contributed by atoms with Gasteiger partial charge >= 0.3 is 0 Å². The van der Waals surface area contributed by atoms with Crippen molar-refractivity contribution in [1.29, 1.82) is 0 Å². The standard InChI is InChI=1S/C23H24FN5O2S/c1-13-12-27-21-17(28-13)8-9-26-18(21)11-14-6-7-16(24)15(10-14)23(2)20-5-3-4-19(22(25)29-23)32(20,30)31/h6-10,12,19-20H,3-5,11H2,1-2H3,(H2,25,29)/t19-,20+,23+/m0/s1. The Kier molecular flexibility index (Phi) is 4.77. The van der Waals surface area contributed by atoms with Crippen LogP contribution in [-0.4, -0.2) is 39.7 Å². The molecule has 32 heavy (non-hydrogen) atoms. The molecule has 2 N–H and O–H groups in total. The number of nitrogens with zero attached hydrogens (tertiary/aromatic N) is 4. The van der Waals surface area contributed by atoms with E-state index in [-0.39, 0.29) is 11.4 Å². The fourth-order valence-corrected chi connectivity index (χ4v) is 7.66. The molecule has 4 heterocycles. The van der Waals surface area contributed by atoms with Gasteiger partial charge < -0.3 is 5.73 Å². The third kappa shape index (κ3) is 3.18. The van der Waals surface area contributed by atoms with Crippen molar-refractivity contribution in [3.8, 4) is 0 Å². The summed E-state index contributed by atoms with van der Waals surface area (Å²) >= 11 is 0. The van der Waals surface area contributed by atoms with E-state index >= 15 is 4.39 Å². The molecule has 1 saturated heterocycles. The molecular formula is C23H24FN5O2S. The molecule has 0 spiro atoms. The lowest BCUT2D eigenvalue weighted by Gasteiger charge is -2.44. The number of halogens is 1. The van der Waals surface area contributed by atoms with Crippen LogP contribution >= 0.6 is 0 Å². The van der Waals surface area contributed by atoms with Gasteiger partial charge in [-0.15, -0.1) is 0 Å². The second kappa shape index (κ2) is 7.30. The molecule has 0 aliphatic carbocycles. The monoisotopic (exact) mass is 453 g/mol. The number of sulfone groups is 1. The summed E-state index contributed by atoms with van der Waals surface area (Å²) in [5, 5.41) is -1.56. The fraction of sp³-hybridized carbons (Fsp3) is 0.391. The minimum Gasteiger partial charge on any atom is -0.386 e. The van der Waals surface area contributed by atoms with Crippen molar-refractivity contribution in [3.63, 3.8) is 0 Å². The number of aryl methyl sites for hydroxylation is 1. The van der Waals surface area contributed by atoms with Gasteiger partial charge in [0, 0.05) is 24.4 Å². The largest absolute Gasteiger partial charge is 0.386 e. The number of fused-ring (bicyclic) bond motifs is 3. The molecule has 0 saturated carbocycles. The maximum Gasteiger partial charge on any atom is 0.165 e. The van der Waals surface area contributed by atoms with Crippen molar-refractivity contribution in [2.24, 2.45) is 10.7 Å². The average Bonchev–Trinajstić information content (AvgIpc) is 2.73. The molecule has 1 aromatic carbocycles. The molecule has 1 fully saturated rings. The van der Waals surface area contributed by atoms with Crippen molar-refractivity contribution in [1.82, 2.24) is 15.0 Å². The zero-order valence-electron chi connectivity index (χ0n) is 17.9. The fourth-order valence-electron chi connectivity index (χ4n) is 5.06. The number of amidine groups is 1. The van der Waals surface area contributed by atoms with Gasteiger partial charge in [-0.1, -0.05) is 18.6 Å². The lowest BCUT2D eigenvalue weighted by atomic mass is 9.83. The van der Waals surface area contributed by atoms with E-state index in [4.69, 9.17) is 5.73 Å². The number of hydrogen-bond acceptors (Lipinski definition) is 7. The Labute approximate surface area is 185 Å². The summed E-state index contributed by atoms with van der Waals surface area (Å²) in [6.07, 6.45) is 5.40. The van der Waals surface area contributed by atoms with Gasteiger partial charge in [0.15, 0.2) is 9.84 Å². The predicted molar refractivity (Wildman–Crippen MR) is 121 cm³/mol. The van der Waals surface area contributed by atoms with Gasteiger partial charge in [-0.05, 0) is 44.4 Å². The molecule has 2 aliphatic rings. The highest BCUT2D eigenvalue weighted by Gasteiger charge is 2.54. The number of benzene rings is 1. The molecule has 2 bridgehead atoms. The van der Waals surface area contributed by atoms with Crippen LogP contribution in [0.25, 0.3) is 11.0 Å². The summed E-state index contributed by atoms with van der Waals surface area (Å²) in [5.74, 6) is -0.414. The number of rotatable bonds is 3. The number of pyridine rings is 1.